The molecular weight excluding hydrogens is 492 g/mol. The number of aliphatic hydroxyl groups excluding tert-OH is 5. The Morgan fingerprint density at radius 1 is 1.00 bits per heavy atom. The largest absolute Gasteiger partial charge is 0.507 e. The van der Waals surface area contributed by atoms with Crippen molar-refractivity contribution in [3.8, 4) is 17.2 Å². The quantitative estimate of drug-likeness (QED) is 0.285. The van der Waals surface area contributed by atoms with Crippen LogP contribution in [-0.2, 0) is 19.0 Å². The van der Waals surface area contributed by atoms with Crippen molar-refractivity contribution >= 4 is 11.4 Å². The standard InChI is InChI=1S/C25H30O12/c1-33-16-5-10(4-13(27)24(16)34-2)12-9-36-14-7-17(25(35-3)22(31)18(14)20(12)29)37-15-6-11(8-26)19(28)23(32)21(15)30/h4-5,7,9,11,14-15,18-19,21,23,26-28,30-32H,6,8H2,1-3H3/t11-,14+,15-,18-,19-,21+,23+/m1/s1. The van der Waals surface area contributed by atoms with Crippen LogP contribution in [0.15, 0.2) is 41.7 Å². The van der Waals surface area contributed by atoms with E-state index >= 15 is 0 Å². The Hall–Kier alpha value is -3.45. The van der Waals surface area contributed by atoms with Crippen LogP contribution in [0.1, 0.15) is 12.0 Å². The zero-order valence-electron chi connectivity index (χ0n) is 20.4. The number of methoxy groups -OCH3 is 3. The minimum absolute atomic E-state index is 0.00567. The molecule has 1 saturated carbocycles. The predicted molar refractivity (Wildman–Crippen MR) is 125 cm³/mol. The average molecular weight is 523 g/mol. The summed E-state index contributed by atoms with van der Waals surface area (Å²) in [4.78, 5) is 13.5. The summed E-state index contributed by atoms with van der Waals surface area (Å²) < 4.78 is 27.2. The number of carbonyl (C=O) groups is 1. The zero-order valence-corrected chi connectivity index (χ0v) is 20.4. The fourth-order valence-corrected chi connectivity index (χ4v) is 4.86. The first-order chi connectivity index (χ1) is 17.7. The van der Waals surface area contributed by atoms with Gasteiger partial charge in [-0.25, -0.2) is 0 Å². The van der Waals surface area contributed by atoms with Gasteiger partial charge in [0, 0.05) is 18.6 Å². The minimum Gasteiger partial charge on any atom is -0.507 e. The summed E-state index contributed by atoms with van der Waals surface area (Å²) in [6, 6.07) is 2.79. The van der Waals surface area contributed by atoms with Gasteiger partial charge in [0.15, 0.2) is 34.6 Å². The number of benzene rings is 1. The fourth-order valence-electron chi connectivity index (χ4n) is 4.86. The molecular formula is C25H30O12. The number of phenols is 1. The molecule has 0 unspecified atom stereocenters. The number of hydrogen-bond donors (Lipinski definition) is 6. The number of hydrogen-bond acceptors (Lipinski definition) is 12. The van der Waals surface area contributed by atoms with E-state index in [9.17, 15) is 35.4 Å². The lowest BCUT2D eigenvalue weighted by Crippen LogP contribution is -2.55. The zero-order chi connectivity index (χ0) is 27.0. The second-order valence-corrected chi connectivity index (χ2v) is 8.96. The second-order valence-electron chi connectivity index (χ2n) is 8.96. The third kappa shape index (κ3) is 4.57. The van der Waals surface area contributed by atoms with Crippen molar-refractivity contribution in [3.63, 3.8) is 0 Å². The van der Waals surface area contributed by atoms with Crippen LogP contribution in [0.25, 0.3) is 5.57 Å². The average Bonchev–Trinajstić information content (AvgIpc) is 2.88. The molecule has 4 rings (SSSR count). The molecule has 1 aromatic rings. The van der Waals surface area contributed by atoms with Crippen molar-refractivity contribution in [2.75, 3.05) is 27.9 Å². The summed E-state index contributed by atoms with van der Waals surface area (Å²) in [6.45, 7) is -0.441. The summed E-state index contributed by atoms with van der Waals surface area (Å²) in [6.07, 6.45) is -3.85. The lowest BCUT2D eigenvalue weighted by atomic mass is 9.80. The van der Waals surface area contributed by atoms with Gasteiger partial charge in [0.2, 0.25) is 5.75 Å². The molecule has 202 valence electrons. The lowest BCUT2D eigenvalue weighted by Gasteiger charge is -2.41. The molecule has 3 aliphatic rings. The second kappa shape index (κ2) is 10.5. The first-order valence-electron chi connectivity index (χ1n) is 11.5. The Morgan fingerprint density at radius 2 is 1.73 bits per heavy atom. The van der Waals surface area contributed by atoms with Gasteiger partial charge >= 0.3 is 0 Å². The topological polar surface area (TPSA) is 185 Å². The van der Waals surface area contributed by atoms with Crippen molar-refractivity contribution in [3.05, 3.63) is 47.3 Å². The fraction of sp³-hybridized carbons (Fsp3) is 0.480. The number of aliphatic hydroxyl groups is 5. The molecule has 12 nitrogen and oxygen atoms in total. The van der Waals surface area contributed by atoms with E-state index in [0.717, 1.165) is 0 Å². The van der Waals surface area contributed by atoms with Gasteiger partial charge in [-0.1, -0.05) is 0 Å². The number of fused-ring (bicyclic) bond motifs is 1. The molecule has 6 N–H and O–H groups in total. The smallest absolute Gasteiger partial charge is 0.203 e. The van der Waals surface area contributed by atoms with E-state index in [1.165, 1.54) is 45.8 Å². The van der Waals surface area contributed by atoms with Crippen LogP contribution in [-0.4, -0.2) is 94.9 Å². The van der Waals surface area contributed by atoms with Crippen molar-refractivity contribution in [1.82, 2.24) is 0 Å². The van der Waals surface area contributed by atoms with Gasteiger partial charge in [0.25, 0.3) is 0 Å². The molecule has 1 fully saturated rings. The van der Waals surface area contributed by atoms with E-state index in [2.05, 4.69) is 0 Å². The normalized spacial score (nSPS) is 31.5. The third-order valence-electron chi connectivity index (χ3n) is 6.87. The Balaban J connectivity index is 1.65. The molecule has 7 atom stereocenters. The van der Waals surface area contributed by atoms with Crippen molar-refractivity contribution in [2.45, 2.75) is 36.9 Å². The van der Waals surface area contributed by atoms with Gasteiger partial charge in [-0.3, -0.25) is 4.79 Å². The molecule has 0 spiro atoms. The Morgan fingerprint density at radius 3 is 2.35 bits per heavy atom. The van der Waals surface area contributed by atoms with Crippen LogP contribution >= 0.6 is 0 Å². The highest BCUT2D eigenvalue weighted by molar-refractivity contribution is 6.23. The number of Topliss-reactive ketones (excluding diaryl/α,β-unsaturated/α-hetero) is 1. The van der Waals surface area contributed by atoms with Crippen molar-refractivity contribution in [1.29, 1.82) is 0 Å². The van der Waals surface area contributed by atoms with E-state index in [1.54, 1.807) is 0 Å². The van der Waals surface area contributed by atoms with Gasteiger partial charge in [-0.2, -0.15) is 0 Å². The summed E-state index contributed by atoms with van der Waals surface area (Å²) in [5.41, 5.74) is 0.326. The van der Waals surface area contributed by atoms with Crippen LogP contribution in [0.3, 0.4) is 0 Å². The first-order valence-corrected chi connectivity index (χ1v) is 11.5. The lowest BCUT2D eigenvalue weighted by molar-refractivity contribution is -0.169. The van der Waals surface area contributed by atoms with E-state index in [1.807, 2.05) is 0 Å². The molecule has 1 aromatic carbocycles. The highest BCUT2D eigenvalue weighted by atomic mass is 16.5. The number of phenolic OH excluding ortho intramolecular Hbond substituents is 1. The van der Waals surface area contributed by atoms with E-state index in [4.69, 9.17) is 23.7 Å². The first kappa shape index (κ1) is 26.6. The third-order valence-corrected chi connectivity index (χ3v) is 6.87. The number of allylic oxidation sites excluding steroid dienone is 1. The van der Waals surface area contributed by atoms with Crippen LogP contribution < -0.4 is 9.47 Å². The Labute approximate surface area is 212 Å². The molecule has 0 bridgehead atoms. The minimum atomic E-state index is -1.56. The number of ether oxygens (including phenoxy) is 5. The molecule has 12 heteroatoms. The molecule has 0 radical (unpaired) electrons. The molecule has 0 saturated heterocycles. The molecule has 1 heterocycles. The summed E-state index contributed by atoms with van der Waals surface area (Å²) in [5, 5.41) is 61.5. The highest BCUT2D eigenvalue weighted by Crippen LogP contribution is 2.43. The van der Waals surface area contributed by atoms with Crippen molar-refractivity contribution < 1.29 is 59.1 Å². The van der Waals surface area contributed by atoms with E-state index in [-0.39, 0.29) is 46.3 Å². The monoisotopic (exact) mass is 522 g/mol. The highest BCUT2D eigenvalue weighted by Gasteiger charge is 2.47. The van der Waals surface area contributed by atoms with Crippen LogP contribution in [0.5, 0.6) is 17.2 Å². The van der Waals surface area contributed by atoms with Crippen LogP contribution in [0.2, 0.25) is 0 Å². The molecule has 37 heavy (non-hydrogen) atoms. The van der Waals surface area contributed by atoms with Gasteiger partial charge in [0.1, 0.15) is 30.3 Å². The number of ketones is 1. The van der Waals surface area contributed by atoms with Gasteiger partial charge in [0.05, 0.1) is 39.3 Å². The van der Waals surface area contributed by atoms with Gasteiger partial charge < -0.3 is 54.3 Å². The van der Waals surface area contributed by atoms with Gasteiger partial charge in [-0.05, 0) is 24.1 Å². The molecule has 0 amide bonds. The predicted octanol–water partition coefficient (Wildman–Crippen LogP) is 0.128. The number of rotatable bonds is 7. The maximum Gasteiger partial charge on any atom is 0.203 e. The summed E-state index contributed by atoms with van der Waals surface area (Å²) in [5.74, 6) is -3.16. The van der Waals surface area contributed by atoms with Gasteiger partial charge in [-0.15, -0.1) is 0 Å². The number of carbonyl (C=O) groups excluding carboxylic acids is 1. The molecule has 1 aliphatic heterocycles. The SMILES string of the molecule is COC1=C(O)[C@H]2C(=O)C(c3cc(O)c(OC)c(OC)c3)=CO[C@H]2C=C1O[C@@H]1C[C@H](CO)[C@@H](O)[C@H](O)[C@H]1O. The maximum absolute atomic E-state index is 13.5. The summed E-state index contributed by atoms with van der Waals surface area (Å²) in [7, 11) is 3.99. The van der Waals surface area contributed by atoms with E-state index < -0.39 is 60.5 Å². The molecule has 0 aromatic heterocycles. The van der Waals surface area contributed by atoms with Crippen LogP contribution in [0, 0.1) is 11.8 Å². The van der Waals surface area contributed by atoms with Crippen LogP contribution in [0.4, 0.5) is 0 Å². The number of aromatic hydroxyl groups is 1. The Bertz CT molecular complexity index is 1140. The summed E-state index contributed by atoms with van der Waals surface area (Å²) >= 11 is 0. The van der Waals surface area contributed by atoms with Crippen molar-refractivity contribution in [2.24, 2.45) is 11.8 Å². The maximum atomic E-state index is 13.5. The Kier molecular flexibility index (Phi) is 7.55. The molecule has 2 aliphatic carbocycles. The van der Waals surface area contributed by atoms with E-state index in [0.29, 0.717) is 0 Å².